The maximum atomic E-state index is 11.8. The van der Waals surface area contributed by atoms with Crippen molar-refractivity contribution in [2.75, 3.05) is 0 Å². The van der Waals surface area contributed by atoms with Crippen LogP contribution in [0.1, 0.15) is 48.6 Å². The average molecular weight is 330 g/mol. The number of rotatable bonds is 3. The molecule has 0 aromatic heterocycles. The van der Waals surface area contributed by atoms with Crippen LogP contribution in [-0.2, 0) is 11.2 Å². The van der Waals surface area contributed by atoms with Crippen molar-refractivity contribution < 1.29 is 4.79 Å². The van der Waals surface area contributed by atoms with Crippen LogP contribution in [0.5, 0.6) is 0 Å². The highest BCUT2D eigenvalue weighted by Gasteiger charge is 2.22. The first-order valence-corrected chi connectivity index (χ1v) is 7.82. The van der Waals surface area contributed by atoms with Crippen molar-refractivity contribution in [2.24, 2.45) is 5.92 Å². The summed E-state index contributed by atoms with van der Waals surface area (Å²) in [7, 11) is 0. The Morgan fingerprint density at radius 2 is 2.22 bits per heavy atom. The van der Waals surface area contributed by atoms with E-state index in [0.717, 1.165) is 36.3 Å². The van der Waals surface area contributed by atoms with E-state index >= 15 is 0 Å². The predicted molar refractivity (Wildman–Crippen MR) is 79.5 cm³/mol. The Hall–Kier alpha value is -0.340. The highest BCUT2D eigenvalue weighted by molar-refractivity contribution is 9.09. The molecular formula is C15H18BrClO. The van der Waals surface area contributed by atoms with E-state index in [9.17, 15) is 4.79 Å². The summed E-state index contributed by atoms with van der Waals surface area (Å²) in [6.07, 6.45) is 4.88. The van der Waals surface area contributed by atoms with Crippen molar-refractivity contribution in [3.8, 4) is 0 Å². The molecule has 0 N–H and O–H groups in total. The molecule has 1 aromatic rings. The number of carbonyl (C=O) groups excluding carboxylic acids is 1. The minimum absolute atomic E-state index is 0.210. The molecule has 1 aliphatic carbocycles. The molecule has 18 heavy (non-hydrogen) atoms. The second-order valence-electron chi connectivity index (χ2n) is 5.09. The van der Waals surface area contributed by atoms with Crippen LogP contribution in [-0.4, -0.2) is 5.78 Å². The number of halogens is 2. The molecule has 0 saturated heterocycles. The molecule has 3 heteroatoms. The largest absolute Gasteiger partial charge is 0.299 e. The molecule has 1 aliphatic rings. The Bertz CT molecular complexity index is 442. The van der Waals surface area contributed by atoms with E-state index in [-0.39, 0.29) is 10.7 Å². The smallest absolute Gasteiger partial charge is 0.136 e. The quantitative estimate of drug-likeness (QED) is 0.705. The summed E-state index contributed by atoms with van der Waals surface area (Å²) in [5.41, 5.74) is 2.28. The van der Waals surface area contributed by atoms with Crippen LogP contribution in [0.2, 0.25) is 5.02 Å². The van der Waals surface area contributed by atoms with Crippen molar-refractivity contribution in [1.82, 2.24) is 0 Å². The first-order chi connectivity index (χ1) is 8.58. The van der Waals surface area contributed by atoms with Crippen LogP contribution in [0.15, 0.2) is 18.2 Å². The van der Waals surface area contributed by atoms with Crippen molar-refractivity contribution in [1.29, 1.82) is 0 Å². The minimum Gasteiger partial charge on any atom is -0.299 e. The summed E-state index contributed by atoms with van der Waals surface area (Å²) in [4.78, 5) is 12.1. The molecule has 2 unspecified atom stereocenters. The Morgan fingerprint density at radius 3 is 2.83 bits per heavy atom. The van der Waals surface area contributed by atoms with E-state index in [1.165, 1.54) is 12.0 Å². The van der Waals surface area contributed by atoms with Gasteiger partial charge in [0.25, 0.3) is 0 Å². The zero-order valence-electron chi connectivity index (χ0n) is 10.6. The van der Waals surface area contributed by atoms with Crippen LogP contribution in [0.3, 0.4) is 0 Å². The second-order valence-corrected chi connectivity index (χ2v) is 6.87. The number of Topliss-reactive ketones (excluding diaryl/α,β-unsaturated/α-hetero) is 1. The number of ketones is 1. The van der Waals surface area contributed by atoms with Crippen LogP contribution in [0.4, 0.5) is 0 Å². The maximum Gasteiger partial charge on any atom is 0.136 e. The summed E-state index contributed by atoms with van der Waals surface area (Å²) in [6, 6.07) is 6.17. The van der Waals surface area contributed by atoms with Gasteiger partial charge in [-0.15, -0.1) is 0 Å². The molecule has 0 radical (unpaired) electrons. The maximum absolute atomic E-state index is 11.8. The summed E-state index contributed by atoms with van der Waals surface area (Å²) >= 11 is 9.79. The Balaban J connectivity index is 2.10. The fourth-order valence-corrected chi connectivity index (χ4v) is 3.47. The van der Waals surface area contributed by atoms with Gasteiger partial charge in [0, 0.05) is 22.2 Å². The highest BCUT2D eigenvalue weighted by Crippen LogP contribution is 2.31. The fraction of sp³-hybridized carbons (Fsp3) is 0.533. The molecule has 2 rings (SSSR count). The lowest BCUT2D eigenvalue weighted by Gasteiger charge is -2.20. The van der Waals surface area contributed by atoms with Crippen LogP contribution in [0.25, 0.3) is 0 Å². The van der Waals surface area contributed by atoms with Gasteiger partial charge in [-0.05, 0) is 43.4 Å². The van der Waals surface area contributed by atoms with Gasteiger partial charge in [-0.3, -0.25) is 4.79 Å². The lowest BCUT2D eigenvalue weighted by Crippen LogP contribution is -2.21. The highest BCUT2D eigenvalue weighted by atomic mass is 79.9. The molecule has 0 spiro atoms. The van der Waals surface area contributed by atoms with Gasteiger partial charge in [0.2, 0.25) is 0 Å². The third kappa shape index (κ3) is 3.36. The van der Waals surface area contributed by atoms with E-state index in [2.05, 4.69) is 35.0 Å². The molecule has 98 valence electrons. The standard InChI is InChI=1S/C15H18BrClO/c1-10(16)13-7-6-11(9-14(13)17)8-12-4-2-3-5-15(12)18/h6-7,9-10,12H,2-5,8H2,1H3. The normalized spacial score (nSPS) is 21.9. The summed E-state index contributed by atoms with van der Waals surface area (Å²) < 4.78 is 0. The van der Waals surface area contributed by atoms with Crippen molar-refractivity contribution >= 4 is 33.3 Å². The Morgan fingerprint density at radius 1 is 1.44 bits per heavy atom. The fourth-order valence-electron chi connectivity index (χ4n) is 2.58. The Kier molecular flexibility index (Phi) is 4.85. The second kappa shape index (κ2) is 6.21. The van der Waals surface area contributed by atoms with E-state index in [4.69, 9.17) is 11.6 Å². The van der Waals surface area contributed by atoms with Gasteiger partial charge < -0.3 is 0 Å². The number of hydrogen-bond donors (Lipinski definition) is 0. The molecule has 0 aliphatic heterocycles. The van der Waals surface area contributed by atoms with E-state index in [1.807, 2.05) is 6.07 Å². The number of alkyl halides is 1. The van der Waals surface area contributed by atoms with E-state index in [0.29, 0.717) is 5.78 Å². The molecular weight excluding hydrogens is 312 g/mol. The van der Waals surface area contributed by atoms with Gasteiger partial charge in [-0.2, -0.15) is 0 Å². The van der Waals surface area contributed by atoms with Crippen LogP contribution in [0, 0.1) is 5.92 Å². The third-order valence-electron chi connectivity index (χ3n) is 3.66. The van der Waals surface area contributed by atoms with Gasteiger partial charge in [0.05, 0.1) is 0 Å². The van der Waals surface area contributed by atoms with E-state index in [1.54, 1.807) is 0 Å². The number of hydrogen-bond acceptors (Lipinski definition) is 1. The minimum atomic E-state index is 0.210. The molecule has 0 heterocycles. The zero-order valence-corrected chi connectivity index (χ0v) is 12.9. The monoisotopic (exact) mass is 328 g/mol. The van der Waals surface area contributed by atoms with Gasteiger partial charge in [0.15, 0.2) is 0 Å². The number of carbonyl (C=O) groups is 1. The first kappa shape index (κ1) is 14.1. The lowest BCUT2D eigenvalue weighted by molar-refractivity contribution is -0.124. The first-order valence-electron chi connectivity index (χ1n) is 6.53. The van der Waals surface area contributed by atoms with Crippen LogP contribution < -0.4 is 0 Å². The van der Waals surface area contributed by atoms with Gasteiger partial charge in [-0.25, -0.2) is 0 Å². The van der Waals surface area contributed by atoms with Crippen LogP contribution >= 0.6 is 27.5 Å². The molecule has 2 atom stereocenters. The van der Waals surface area contributed by atoms with Gasteiger partial charge in [0.1, 0.15) is 5.78 Å². The van der Waals surface area contributed by atoms with Crippen molar-refractivity contribution in [3.63, 3.8) is 0 Å². The summed E-state index contributed by atoms with van der Waals surface area (Å²) in [5.74, 6) is 0.636. The van der Waals surface area contributed by atoms with Gasteiger partial charge in [-0.1, -0.05) is 46.1 Å². The zero-order chi connectivity index (χ0) is 13.1. The van der Waals surface area contributed by atoms with Crippen molar-refractivity contribution in [3.05, 3.63) is 34.3 Å². The third-order valence-corrected chi connectivity index (χ3v) is 4.48. The number of benzene rings is 1. The molecule has 1 fully saturated rings. The molecule has 1 saturated carbocycles. The van der Waals surface area contributed by atoms with Crippen molar-refractivity contribution in [2.45, 2.75) is 43.9 Å². The summed E-state index contributed by atoms with van der Waals surface area (Å²) in [5, 5.41) is 0.792. The Labute approximate surface area is 122 Å². The molecule has 1 aromatic carbocycles. The van der Waals surface area contributed by atoms with E-state index < -0.39 is 0 Å². The van der Waals surface area contributed by atoms with Gasteiger partial charge >= 0.3 is 0 Å². The molecule has 1 nitrogen and oxygen atoms in total. The topological polar surface area (TPSA) is 17.1 Å². The summed E-state index contributed by atoms with van der Waals surface area (Å²) in [6.45, 7) is 2.06. The SMILES string of the molecule is CC(Br)c1ccc(CC2CCCCC2=O)cc1Cl. The lowest BCUT2D eigenvalue weighted by atomic mass is 9.83. The average Bonchev–Trinajstić information content (AvgIpc) is 2.32. The predicted octanol–water partition coefficient (Wildman–Crippen LogP) is 5.10. The molecule has 0 bridgehead atoms. The molecule has 0 amide bonds.